The molecule has 1 saturated heterocycles. The molecule has 0 bridgehead atoms. The summed E-state index contributed by atoms with van der Waals surface area (Å²) in [5.74, 6) is 2.24. The number of aromatic nitrogens is 4. The smallest absolute Gasteiger partial charge is 0.263 e. The molecule has 0 aliphatic carbocycles. The van der Waals surface area contributed by atoms with Crippen LogP contribution in [0.25, 0.3) is 5.69 Å². The van der Waals surface area contributed by atoms with Gasteiger partial charge in [0.15, 0.2) is 11.9 Å². The van der Waals surface area contributed by atoms with Gasteiger partial charge in [-0.3, -0.25) is 9.69 Å². The number of tetrazole rings is 1. The highest BCUT2D eigenvalue weighted by atomic mass is 16.5. The fraction of sp³-hybridized carbons (Fsp3) is 0.364. The zero-order valence-electron chi connectivity index (χ0n) is 17.7. The lowest BCUT2D eigenvalue weighted by Crippen LogP contribution is -2.51. The van der Waals surface area contributed by atoms with Crippen molar-refractivity contribution in [2.75, 3.05) is 33.3 Å². The molecule has 1 aliphatic rings. The van der Waals surface area contributed by atoms with Gasteiger partial charge in [-0.05, 0) is 53.7 Å². The summed E-state index contributed by atoms with van der Waals surface area (Å²) in [7, 11) is 1.64. The summed E-state index contributed by atoms with van der Waals surface area (Å²) in [6.07, 6.45) is -0.517. The summed E-state index contributed by atoms with van der Waals surface area (Å²) in [5.41, 5.74) is 0.876. The Balaban J connectivity index is 1.31. The molecule has 2 heterocycles. The van der Waals surface area contributed by atoms with Crippen LogP contribution in [0.5, 0.6) is 11.5 Å². The molecule has 1 aliphatic heterocycles. The second-order valence-corrected chi connectivity index (χ2v) is 7.38. The molecule has 9 heteroatoms. The molecular formula is C22H26N6O3. The Morgan fingerprint density at radius 3 is 2.39 bits per heavy atom. The van der Waals surface area contributed by atoms with Crippen LogP contribution < -0.4 is 9.47 Å². The summed E-state index contributed by atoms with van der Waals surface area (Å²) < 4.78 is 12.7. The molecule has 0 saturated carbocycles. The predicted molar refractivity (Wildman–Crippen MR) is 114 cm³/mol. The molecule has 1 atom stereocenters. The van der Waals surface area contributed by atoms with E-state index >= 15 is 0 Å². The number of piperazine rings is 1. The molecule has 9 nitrogen and oxygen atoms in total. The Hall–Kier alpha value is -3.46. The average Bonchev–Trinajstić information content (AvgIpc) is 3.28. The molecule has 4 rings (SSSR count). The van der Waals surface area contributed by atoms with Gasteiger partial charge in [0.05, 0.1) is 19.3 Å². The van der Waals surface area contributed by atoms with Crippen molar-refractivity contribution in [1.82, 2.24) is 30.0 Å². The van der Waals surface area contributed by atoms with Crippen LogP contribution in [-0.4, -0.2) is 75.3 Å². The van der Waals surface area contributed by atoms with E-state index < -0.39 is 6.10 Å². The predicted octanol–water partition coefficient (Wildman–Crippen LogP) is 1.78. The first-order valence-corrected chi connectivity index (χ1v) is 10.3. The normalized spacial score (nSPS) is 15.5. The average molecular weight is 422 g/mol. The lowest BCUT2D eigenvalue weighted by Gasteiger charge is -2.35. The van der Waals surface area contributed by atoms with Gasteiger partial charge in [-0.2, -0.15) is 4.68 Å². The molecule has 1 fully saturated rings. The van der Waals surface area contributed by atoms with E-state index in [0.717, 1.165) is 30.4 Å². The number of hydrogen-bond acceptors (Lipinski definition) is 7. The van der Waals surface area contributed by atoms with Gasteiger partial charge in [-0.15, -0.1) is 5.10 Å². The summed E-state index contributed by atoms with van der Waals surface area (Å²) in [4.78, 5) is 16.9. The standard InChI is InChI=1S/C22H26N6O3/c1-17(31-20-6-4-3-5-7-20)22(29)27-14-12-26(13-15-27)16-21-23-24-25-28(21)18-8-10-19(30-2)11-9-18/h3-11,17H,12-16H2,1-2H3/t17-/m1/s1. The van der Waals surface area contributed by atoms with Crippen molar-refractivity contribution >= 4 is 5.91 Å². The number of amides is 1. The number of carbonyl (C=O) groups is 1. The van der Waals surface area contributed by atoms with Gasteiger partial charge in [0.1, 0.15) is 11.5 Å². The topological polar surface area (TPSA) is 85.6 Å². The van der Waals surface area contributed by atoms with E-state index in [-0.39, 0.29) is 5.91 Å². The van der Waals surface area contributed by atoms with E-state index in [4.69, 9.17) is 9.47 Å². The van der Waals surface area contributed by atoms with Crippen molar-refractivity contribution in [2.45, 2.75) is 19.6 Å². The largest absolute Gasteiger partial charge is 0.497 e. The van der Waals surface area contributed by atoms with Crippen LogP contribution in [0.4, 0.5) is 0 Å². The number of carbonyl (C=O) groups excluding carboxylic acids is 1. The first kappa shape index (κ1) is 20.8. The van der Waals surface area contributed by atoms with Gasteiger partial charge < -0.3 is 14.4 Å². The molecule has 2 aromatic carbocycles. The SMILES string of the molecule is COc1ccc(-n2nnnc2CN2CCN(C(=O)[C@@H](C)Oc3ccccc3)CC2)cc1. The van der Waals surface area contributed by atoms with Crippen molar-refractivity contribution in [3.63, 3.8) is 0 Å². The fourth-order valence-electron chi connectivity index (χ4n) is 3.57. The van der Waals surface area contributed by atoms with Gasteiger partial charge in [-0.1, -0.05) is 18.2 Å². The van der Waals surface area contributed by atoms with E-state index in [1.165, 1.54) is 0 Å². The third-order valence-corrected chi connectivity index (χ3v) is 5.30. The zero-order chi connectivity index (χ0) is 21.6. The maximum atomic E-state index is 12.8. The maximum absolute atomic E-state index is 12.8. The highest BCUT2D eigenvalue weighted by molar-refractivity contribution is 5.81. The first-order chi connectivity index (χ1) is 15.1. The monoisotopic (exact) mass is 422 g/mol. The van der Waals surface area contributed by atoms with Crippen LogP contribution in [0.1, 0.15) is 12.7 Å². The number of methoxy groups -OCH3 is 1. The summed E-state index contributed by atoms with van der Waals surface area (Å²) in [6.45, 7) is 5.19. The van der Waals surface area contributed by atoms with E-state index in [1.54, 1.807) is 18.7 Å². The minimum absolute atomic E-state index is 0.00608. The Bertz CT molecular complexity index is 984. The third-order valence-electron chi connectivity index (χ3n) is 5.30. The third kappa shape index (κ3) is 5.00. The zero-order valence-corrected chi connectivity index (χ0v) is 17.7. The second kappa shape index (κ2) is 9.57. The highest BCUT2D eigenvalue weighted by Crippen LogP contribution is 2.17. The number of benzene rings is 2. The van der Waals surface area contributed by atoms with Crippen molar-refractivity contribution in [3.05, 3.63) is 60.4 Å². The fourth-order valence-corrected chi connectivity index (χ4v) is 3.57. The summed E-state index contributed by atoms with van der Waals surface area (Å²) in [5, 5.41) is 12.1. The molecule has 31 heavy (non-hydrogen) atoms. The molecule has 3 aromatic rings. The molecule has 162 valence electrons. The van der Waals surface area contributed by atoms with Crippen molar-refractivity contribution in [1.29, 1.82) is 0 Å². The maximum Gasteiger partial charge on any atom is 0.263 e. The van der Waals surface area contributed by atoms with Gasteiger partial charge >= 0.3 is 0 Å². The van der Waals surface area contributed by atoms with E-state index in [0.29, 0.717) is 25.4 Å². The number of rotatable bonds is 7. The van der Waals surface area contributed by atoms with Gasteiger partial charge in [-0.25, -0.2) is 0 Å². The second-order valence-electron chi connectivity index (χ2n) is 7.38. The summed E-state index contributed by atoms with van der Waals surface area (Å²) in [6, 6.07) is 17.0. The molecule has 1 aromatic heterocycles. The van der Waals surface area contributed by atoms with Gasteiger partial charge in [0.25, 0.3) is 5.91 Å². The molecule has 1 amide bonds. The molecule has 0 radical (unpaired) electrons. The molecule has 0 spiro atoms. The van der Waals surface area contributed by atoms with Crippen molar-refractivity contribution in [2.24, 2.45) is 0 Å². The van der Waals surface area contributed by atoms with E-state index in [9.17, 15) is 4.79 Å². The Morgan fingerprint density at radius 2 is 1.71 bits per heavy atom. The molecule has 0 unspecified atom stereocenters. The first-order valence-electron chi connectivity index (χ1n) is 10.3. The van der Waals surface area contributed by atoms with E-state index in [1.807, 2.05) is 59.5 Å². The minimum atomic E-state index is -0.517. The number of para-hydroxylation sites is 1. The van der Waals surface area contributed by atoms with Gasteiger partial charge in [0.2, 0.25) is 0 Å². The number of hydrogen-bond donors (Lipinski definition) is 0. The Kier molecular flexibility index (Phi) is 6.42. The molecular weight excluding hydrogens is 396 g/mol. The van der Waals surface area contributed by atoms with Crippen LogP contribution in [0, 0.1) is 0 Å². The summed E-state index contributed by atoms with van der Waals surface area (Å²) >= 11 is 0. The van der Waals surface area contributed by atoms with Crippen LogP contribution >= 0.6 is 0 Å². The lowest BCUT2D eigenvalue weighted by molar-refractivity contribution is -0.139. The van der Waals surface area contributed by atoms with E-state index in [2.05, 4.69) is 20.4 Å². The van der Waals surface area contributed by atoms with Crippen molar-refractivity contribution in [3.8, 4) is 17.2 Å². The number of ether oxygens (including phenoxy) is 2. The Morgan fingerprint density at radius 1 is 1.00 bits per heavy atom. The van der Waals surface area contributed by atoms with Crippen LogP contribution in [0.15, 0.2) is 54.6 Å². The van der Waals surface area contributed by atoms with Crippen LogP contribution in [0.3, 0.4) is 0 Å². The lowest BCUT2D eigenvalue weighted by atomic mass is 10.2. The molecule has 0 N–H and O–H groups in total. The van der Waals surface area contributed by atoms with Gasteiger partial charge in [0, 0.05) is 26.2 Å². The minimum Gasteiger partial charge on any atom is -0.497 e. The van der Waals surface area contributed by atoms with Crippen LogP contribution in [-0.2, 0) is 11.3 Å². The number of nitrogens with zero attached hydrogens (tertiary/aromatic N) is 6. The quantitative estimate of drug-likeness (QED) is 0.574. The van der Waals surface area contributed by atoms with Crippen LogP contribution in [0.2, 0.25) is 0 Å². The van der Waals surface area contributed by atoms with Crippen molar-refractivity contribution < 1.29 is 14.3 Å². The highest BCUT2D eigenvalue weighted by Gasteiger charge is 2.27. The Labute approximate surface area is 181 Å².